The van der Waals surface area contributed by atoms with Crippen molar-refractivity contribution in [1.82, 2.24) is 14.6 Å². The van der Waals surface area contributed by atoms with Gasteiger partial charge >= 0.3 is 6.18 Å². The number of alkyl halides is 3. The van der Waals surface area contributed by atoms with Crippen molar-refractivity contribution in [3.63, 3.8) is 0 Å². The van der Waals surface area contributed by atoms with Crippen molar-refractivity contribution in [2.24, 2.45) is 5.73 Å². The van der Waals surface area contributed by atoms with Gasteiger partial charge in [0, 0.05) is 6.20 Å². The number of aromatic nitrogens is 3. The van der Waals surface area contributed by atoms with Crippen molar-refractivity contribution < 1.29 is 13.2 Å². The molecule has 2 N–H and O–H groups in total. The van der Waals surface area contributed by atoms with Crippen LogP contribution in [-0.2, 0) is 6.18 Å². The SMILES string of the molecule is C[C@@H](N)c1nnc2c(Cl)cc(C(F)(F)F)cn12.Cl. The highest BCUT2D eigenvalue weighted by molar-refractivity contribution is 6.33. The van der Waals surface area contributed by atoms with Crippen LogP contribution < -0.4 is 5.73 Å². The molecule has 0 fully saturated rings. The quantitative estimate of drug-likeness (QED) is 0.881. The maximum atomic E-state index is 12.6. The molecule has 0 aliphatic carbocycles. The van der Waals surface area contributed by atoms with Gasteiger partial charge in [0.25, 0.3) is 0 Å². The Morgan fingerprint density at radius 1 is 1.39 bits per heavy atom. The lowest BCUT2D eigenvalue weighted by Crippen LogP contribution is -2.12. The number of nitrogens with two attached hydrogens (primary N) is 1. The van der Waals surface area contributed by atoms with Crippen LogP contribution in [0.15, 0.2) is 12.3 Å². The average Bonchev–Trinajstić information content (AvgIpc) is 2.60. The summed E-state index contributed by atoms with van der Waals surface area (Å²) >= 11 is 5.72. The largest absolute Gasteiger partial charge is 0.417 e. The Bertz CT molecular complexity index is 565. The van der Waals surface area contributed by atoms with Gasteiger partial charge in [-0.15, -0.1) is 22.6 Å². The molecule has 0 aliphatic rings. The van der Waals surface area contributed by atoms with Crippen LogP contribution in [0.4, 0.5) is 13.2 Å². The second kappa shape index (κ2) is 4.91. The lowest BCUT2D eigenvalue weighted by atomic mass is 10.2. The van der Waals surface area contributed by atoms with Crippen molar-refractivity contribution in [3.8, 4) is 0 Å². The fourth-order valence-corrected chi connectivity index (χ4v) is 1.68. The van der Waals surface area contributed by atoms with Crippen LogP contribution in [0.3, 0.4) is 0 Å². The van der Waals surface area contributed by atoms with Gasteiger partial charge in [-0.1, -0.05) is 11.6 Å². The van der Waals surface area contributed by atoms with Crippen LogP contribution in [-0.4, -0.2) is 14.6 Å². The Morgan fingerprint density at radius 3 is 2.50 bits per heavy atom. The van der Waals surface area contributed by atoms with Gasteiger partial charge in [-0.3, -0.25) is 4.40 Å². The van der Waals surface area contributed by atoms with Crippen molar-refractivity contribution in [1.29, 1.82) is 0 Å². The Balaban J connectivity index is 0.00000162. The molecule has 18 heavy (non-hydrogen) atoms. The molecule has 0 unspecified atom stereocenters. The van der Waals surface area contributed by atoms with E-state index in [0.717, 1.165) is 16.7 Å². The highest BCUT2D eigenvalue weighted by Gasteiger charge is 2.32. The summed E-state index contributed by atoms with van der Waals surface area (Å²) in [5.74, 6) is 0.230. The van der Waals surface area contributed by atoms with Crippen LogP contribution in [0, 0.1) is 0 Å². The van der Waals surface area contributed by atoms with Gasteiger partial charge in [-0.25, -0.2) is 0 Å². The Hall–Kier alpha value is -1.05. The Morgan fingerprint density at radius 2 is 2.00 bits per heavy atom. The molecule has 1 atom stereocenters. The van der Waals surface area contributed by atoms with Gasteiger partial charge in [0.15, 0.2) is 11.5 Å². The molecule has 9 heteroatoms. The monoisotopic (exact) mass is 300 g/mol. The number of hydrogen-bond donors (Lipinski definition) is 1. The minimum absolute atomic E-state index is 0. The van der Waals surface area contributed by atoms with Crippen molar-refractivity contribution in [3.05, 3.63) is 28.7 Å². The first kappa shape index (κ1) is 15.0. The predicted molar refractivity (Wildman–Crippen MR) is 62.8 cm³/mol. The zero-order valence-corrected chi connectivity index (χ0v) is 10.6. The maximum Gasteiger partial charge on any atom is 0.417 e. The summed E-state index contributed by atoms with van der Waals surface area (Å²) in [4.78, 5) is 0. The van der Waals surface area contributed by atoms with Gasteiger partial charge < -0.3 is 5.73 Å². The van der Waals surface area contributed by atoms with E-state index in [1.165, 1.54) is 0 Å². The molecule has 2 aromatic rings. The standard InChI is InChI=1S/C9H8ClF3N4.ClH/c1-4(14)7-15-16-8-6(10)2-5(3-17(7)8)9(11,12)13;/h2-4H,14H2,1H3;1H/t4-;/m1./s1. The number of rotatable bonds is 1. The number of pyridine rings is 1. The summed E-state index contributed by atoms with van der Waals surface area (Å²) in [7, 11) is 0. The van der Waals surface area contributed by atoms with E-state index in [0.29, 0.717) is 0 Å². The first-order valence-corrected chi connectivity index (χ1v) is 5.05. The Kier molecular flexibility index (Phi) is 4.09. The van der Waals surface area contributed by atoms with Gasteiger partial charge in [-0.2, -0.15) is 13.2 Å². The normalized spacial score (nSPS) is 13.4. The fourth-order valence-electron chi connectivity index (χ4n) is 1.44. The number of nitrogens with zero attached hydrogens (tertiary/aromatic N) is 3. The second-order valence-electron chi connectivity index (χ2n) is 3.61. The van der Waals surface area contributed by atoms with Gasteiger partial charge in [0.2, 0.25) is 0 Å². The molecule has 0 amide bonds. The lowest BCUT2D eigenvalue weighted by Gasteiger charge is -2.09. The molecule has 2 heterocycles. The molecule has 2 rings (SSSR count). The zero-order chi connectivity index (χ0) is 12.8. The molecule has 0 bridgehead atoms. The highest BCUT2D eigenvalue weighted by atomic mass is 35.5. The van der Waals surface area contributed by atoms with E-state index in [4.69, 9.17) is 17.3 Å². The third-order valence-corrected chi connectivity index (χ3v) is 2.50. The van der Waals surface area contributed by atoms with Crippen LogP contribution in [0.2, 0.25) is 5.02 Å². The zero-order valence-electron chi connectivity index (χ0n) is 9.07. The summed E-state index contributed by atoms with van der Waals surface area (Å²) in [5.41, 5.74) is 4.88. The van der Waals surface area contributed by atoms with E-state index in [2.05, 4.69) is 10.2 Å². The average molecular weight is 301 g/mol. The molecule has 0 spiro atoms. The van der Waals surface area contributed by atoms with Crippen LogP contribution in [0.5, 0.6) is 0 Å². The van der Waals surface area contributed by atoms with Crippen LogP contribution in [0.25, 0.3) is 5.65 Å². The maximum absolute atomic E-state index is 12.6. The van der Waals surface area contributed by atoms with E-state index in [1.807, 2.05) is 0 Å². The number of halogens is 5. The summed E-state index contributed by atoms with van der Waals surface area (Å²) < 4.78 is 38.9. The third-order valence-electron chi connectivity index (χ3n) is 2.22. The molecule has 0 aromatic carbocycles. The first-order chi connectivity index (χ1) is 7.80. The van der Waals surface area contributed by atoms with E-state index in [9.17, 15) is 13.2 Å². The van der Waals surface area contributed by atoms with Gasteiger partial charge in [-0.05, 0) is 13.0 Å². The van der Waals surface area contributed by atoms with E-state index >= 15 is 0 Å². The highest BCUT2D eigenvalue weighted by Crippen LogP contribution is 2.32. The minimum atomic E-state index is -4.47. The summed E-state index contributed by atoms with van der Waals surface area (Å²) in [5, 5.41) is 7.30. The molecule has 100 valence electrons. The van der Waals surface area contributed by atoms with Crippen molar-refractivity contribution in [2.45, 2.75) is 19.1 Å². The van der Waals surface area contributed by atoms with Gasteiger partial charge in [0.05, 0.1) is 16.6 Å². The molecular formula is C9H9Cl2F3N4. The third kappa shape index (κ3) is 2.52. The molecule has 0 aliphatic heterocycles. The predicted octanol–water partition coefficient (Wildman–Crippen LogP) is 2.84. The fraction of sp³-hybridized carbons (Fsp3) is 0.333. The molecule has 0 saturated carbocycles. The molecule has 4 nitrogen and oxygen atoms in total. The minimum Gasteiger partial charge on any atom is -0.322 e. The van der Waals surface area contributed by atoms with E-state index in [-0.39, 0.29) is 28.9 Å². The van der Waals surface area contributed by atoms with E-state index in [1.54, 1.807) is 6.92 Å². The summed E-state index contributed by atoms with van der Waals surface area (Å²) in [6.07, 6.45) is -3.59. The van der Waals surface area contributed by atoms with Crippen molar-refractivity contribution >= 4 is 29.7 Å². The molecule has 0 radical (unpaired) electrons. The van der Waals surface area contributed by atoms with E-state index < -0.39 is 17.8 Å². The number of hydrogen-bond acceptors (Lipinski definition) is 3. The molecule has 2 aromatic heterocycles. The topological polar surface area (TPSA) is 56.2 Å². The smallest absolute Gasteiger partial charge is 0.322 e. The molecule has 0 saturated heterocycles. The van der Waals surface area contributed by atoms with Crippen LogP contribution in [0.1, 0.15) is 24.4 Å². The van der Waals surface area contributed by atoms with Crippen LogP contribution >= 0.6 is 24.0 Å². The van der Waals surface area contributed by atoms with Gasteiger partial charge in [0.1, 0.15) is 0 Å². The summed E-state index contributed by atoms with van der Waals surface area (Å²) in [6, 6.07) is 0.279. The van der Waals surface area contributed by atoms with Crippen molar-refractivity contribution in [2.75, 3.05) is 0 Å². The summed E-state index contributed by atoms with van der Waals surface area (Å²) in [6.45, 7) is 1.60. The Labute approximate surface area is 111 Å². The first-order valence-electron chi connectivity index (χ1n) is 4.67. The second-order valence-corrected chi connectivity index (χ2v) is 4.02. The number of fused-ring (bicyclic) bond motifs is 1. The lowest BCUT2D eigenvalue weighted by molar-refractivity contribution is -0.137. The molecular weight excluding hydrogens is 292 g/mol.